The maximum Gasteiger partial charge on any atom is 0.162 e. The Balaban J connectivity index is 2.50. The van der Waals surface area contributed by atoms with Crippen LogP contribution in [0.5, 0.6) is 0 Å². The summed E-state index contributed by atoms with van der Waals surface area (Å²) in [6, 6.07) is 4.54. The molecular formula is C13H16BrFO. The van der Waals surface area contributed by atoms with E-state index in [1.165, 1.54) is 6.07 Å². The molecular weight excluding hydrogens is 271 g/mol. The van der Waals surface area contributed by atoms with Crippen molar-refractivity contribution in [2.45, 2.75) is 39.0 Å². The number of unbranched alkanes of at least 4 members (excludes halogenated alkanes) is 3. The zero-order valence-electron chi connectivity index (χ0n) is 9.43. The van der Waals surface area contributed by atoms with Gasteiger partial charge in [0.2, 0.25) is 0 Å². The number of hydrogen-bond donors (Lipinski definition) is 0. The van der Waals surface area contributed by atoms with Gasteiger partial charge < -0.3 is 0 Å². The fraction of sp³-hybridized carbons (Fsp3) is 0.462. The highest BCUT2D eigenvalue weighted by molar-refractivity contribution is 9.10. The van der Waals surface area contributed by atoms with E-state index in [9.17, 15) is 9.18 Å². The minimum absolute atomic E-state index is 0.0301. The Hall–Kier alpha value is -0.700. The molecule has 0 spiro atoms. The van der Waals surface area contributed by atoms with Crippen molar-refractivity contribution in [1.82, 2.24) is 0 Å². The molecule has 0 bridgehead atoms. The van der Waals surface area contributed by atoms with Gasteiger partial charge in [-0.2, -0.15) is 0 Å². The summed E-state index contributed by atoms with van der Waals surface area (Å²) in [6.45, 7) is 2.13. The predicted octanol–water partition coefficient (Wildman–Crippen LogP) is 4.74. The Morgan fingerprint density at radius 2 is 2.06 bits per heavy atom. The largest absolute Gasteiger partial charge is 0.294 e. The zero-order valence-corrected chi connectivity index (χ0v) is 11.0. The Kier molecular flexibility index (Phi) is 5.67. The number of Topliss-reactive ketones (excluding diaryl/α,β-unsaturated/α-hetero) is 1. The molecule has 16 heavy (non-hydrogen) atoms. The Morgan fingerprint density at radius 3 is 2.69 bits per heavy atom. The highest BCUT2D eigenvalue weighted by atomic mass is 79.9. The van der Waals surface area contributed by atoms with Gasteiger partial charge in [-0.15, -0.1) is 0 Å². The molecule has 0 aromatic heterocycles. The molecule has 88 valence electrons. The van der Waals surface area contributed by atoms with Crippen LogP contribution in [0.1, 0.15) is 49.4 Å². The number of carbonyl (C=O) groups is 1. The van der Waals surface area contributed by atoms with E-state index in [0.717, 1.165) is 25.7 Å². The summed E-state index contributed by atoms with van der Waals surface area (Å²) in [6.07, 6.45) is 4.79. The molecule has 1 rings (SSSR count). The molecule has 0 fully saturated rings. The predicted molar refractivity (Wildman–Crippen MR) is 67.2 cm³/mol. The lowest BCUT2D eigenvalue weighted by Crippen LogP contribution is -1.99. The molecule has 0 amide bonds. The van der Waals surface area contributed by atoms with Crippen LogP contribution < -0.4 is 0 Å². The number of ketones is 1. The van der Waals surface area contributed by atoms with Crippen molar-refractivity contribution in [2.24, 2.45) is 0 Å². The van der Waals surface area contributed by atoms with Gasteiger partial charge in [-0.3, -0.25) is 4.79 Å². The second kappa shape index (κ2) is 6.79. The van der Waals surface area contributed by atoms with Crippen molar-refractivity contribution in [3.63, 3.8) is 0 Å². The third-order valence-electron chi connectivity index (χ3n) is 2.50. The number of halogens is 2. The van der Waals surface area contributed by atoms with E-state index in [-0.39, 0.29) is 11.6 Å². The zero-order chi connectivity index (χ0) is 12.0. The van der Waals surface area contributed by atoms with E-state index in [2.05, 4.69) is 22.9 Å². The number of benzene rings is 1. The molecule has 0 saturated heterocycles. The first-order valence-electron chi connectivity index (χ1n) is 5.63. The van der Waals surface area contributed by atoms with Gasteiger partial charge in [0.25, 0.3) is 0 Å². The van der Waals surface area contributed by atoms with E-state index >= 15 is 0 Å². The van der Waals surface area contributed by atoms with Gasteiger partial charge in [0, 0.05) is 12.0 Å². The summed E-state index contributed by atoms with van der Waals surface area (Å²) in [5.74, 6) is -0.345. The van der Waals surface area contributed by atoms with Crippen LogP contribution in [0.25, 0.3) is 0 Å². The number of carbonyl (C=O) groups excluding carboxylic acids is 1. The van der Waals surface area contributed by atoms with Gasteiger partial charge in [-0.25, -0.2) is 4.39 Å². The number of rotatable bonds is 6. The van der Waals surface area contributed by atoms with Gasteiger partial charge in [0.05, 0.1) is 4.47 Å². The maximum absolute atomic E-state index is 13.2. The first-order chi connectivity index (χ1) is 7.65. The van der Waals surface area contributed by atoms with Gasteiger partial charge in [-0.05, 0) is 34.5 Å². The van der Waals surface area contributed by atoms with Crippen LogP contribution in [0.4, 0.5) is 4.39 Å². The molecule has 1 nitrogen and oxygen atoms in total. The first kappa shape index (κ1) is 13.4. The van der Waals surface area contributed by atoms with Crippen LogP contribution in [-0.2, 0) is 0 Å². The van der Waals surface area contributed by atoms with Crippen molar-refractivity contribution < 1.29 is 9.18 Å². The van der Waals surface area contributed by atoms with E-state index < -0.39 is 0 Å². The second-order valence-corrected chi connectivity index (χ2v) is 4.72. The van der Waals surface area contributed by atoms with Gasteiger partial charge in [0.1, 0.15) is 5.82 Å². The van der Waals surface area contributed by atoms with E-state index in [0.29, 0.717) is 16.5 Å². The third-order valence-corrected chi connectivity index (χ3v) is 3.14. The Labute approximate surface area is 104 Å². The molecule has 1 aromatic carbocycles. The van der Waals surface area contributed by atoms with Crippen LogP contribution in [-0.4, -0.2) is 5.78 Å². The minimum Gasteiger partial charge on any atom is -0.294 e. The van der Waals surface area contributed by atoms with Crippen LogP contribution >= 0.6 is 15.9 Å². The van der Waals surface area contributed by atoms with Crippen molar-refractivity contribution in [2.75, 3.05) is 0 Å². The highest BCUT2D eigenvalue weighted by Crippen LogP contribution is 2.18. The average Bonchev–Trinajstić information content (AvgIpc) is 2.28. The summed E-state index contributed by atoms with van der Waals surface area (Å²) in [4.78, 5) is 11.7. The normalized spacial score (nSPS) is 10.4. The first-order valence-corrected chi connectivity index (χ1v) is 6.42. The summed E-state index contributed by atoms with van der Waals surface area (Å²) < 4.78 is 13.6. The molecule has 0 N–H and O–H groups in total. The lowest BCUT2D eigenvalue weighted by molar-refractivity contribution is 0.0978. The van der Waals surface area contributed by atoms with E-state index in [4.69, 9.17) is 0 Å². The maximum atomic E-state index is 13.2. The van der Waals surface area contributed by atoms with Crippen molar-refractivity contribution in [1.29, 1.82) is 0 Å². The van der Waals surface area contributed by atoms with Gasteiger partial charge in [0.15, 0.2) is 5.78 Å². The SMILES string of the molecule is CCCCCCC(=O)c1ccc(Br)c(F)c1. The monoisotopic (exact) mass is 286 g/mol. The summed E-state index contributed by atoms with van der Waals surface area (Å²) >= 11 is 3.07. The molecule has 0 unspecified atom stereocenters. The van der Waals surface area contributed by atoms with Crippen LogP contribution in [0.15, 0.2) is 22.7 Å². The molecule has 0 atom stereocenters. The molecule has 3 heteroatoms. The lowest BCUT2D eigenvalue weighted by atomic mass is 10.0. The fourth-order valence-electron chi connectivity index (χ4n) is 1.53. The standard InChI is InChI=1S/C13H16BrFO/c1-2-3-4-5-6-13(16)10-7-8-11(14)12(15)9-10/h7-9H,2-6H2,1H3. The smallest absolute Gasteiger partial charge is 0.162 e. The van der Waals surface area contributed by atoms with Crippen molar-refractivity contribution in [3.05, 3.63) is 34.1 Å². The third kappa shape index (κ3) is 4.05. The highest BCUT2D eigenvalue weighted by Gasteiger charge is 2.08. The average molecular weight is 287 g/mol. The molecule has 1 aromatic rings. The van der Waals surface area contributed by atoms with Crippen LogP contribution in [0, 0.1) is 5.82 Å². The quantitative estimate of drug-likeness (QED) is 0.545. The Bertz CT molecular complexity index is 363. The number of hydrogen-bond acceptors (Lipinski definition) is 1. The summed E-state index contributed by atoms with van der Waals surface area (Å²) in [5, 5.41) is 0. The van der Waals surface area contributed by atoms with Crippen LogP contribution in [0.3, 0.4) is 0 Å². The fourth-order valence-corrected chi connectivity index (χ4v) is 1.77. The lowest BCUT2D eigenvalue weighted by Gasteiger charge is -2.02. The van der Waals surface area contributed by atoms with E-state index in [1.807, 2.05) is 0 Å². The van der Waals surface area contributed by atoms with Crippen LogP contribution in [0.2, 0.25) is 0 Å². The molecule has 0 saturated carbocycles. The second-order valence-electron chi connectivity index (χ2n) is 3.86. The molecule has 0 radical (unpaired) electrons. The Morgan fingerprint density at radius 1 is 1.31 bits per heavy atom. The molecule has 0 aliphatic heterocycles. The summed E-state index contributed by atoms with van der Waals surface area (Å²) in [7, 11) is 0. The van der Waals surface area contributed by atoms with E-state index in [1.54, 1.807) is 12.1 Å². The van der Waals surface area contributed by atoms with Gasteiger partial charge >= 0.3 is 0 Å². The molecule has 0 heterocycles. The molecule has 0 aliphatic rings. The summed E-state index contributed by atoms with van der Waals surface area (Å²) in [5.41, 5.74) is 0.470. The van der Waals surface area contributed by atoms with Crippen molar-refractivity contribution >= 4 is 21.7 Å². The molecule has 0 aliphatic carbocycles. The van der Waals surface area contributed by atoms with Crippen molar-refractivity contribution in [3.8, 4) is 0 Å². The minimum atomic E-state index is -0.376. The topological polar surface area (TPSA) is 17.1 Å². The van der Waals surface area contributed by atoms with Gasteiger partial charge in [-0.1, -0.05) is 32.3 Å².